The van der Waals surface area contributed by atoms with Gasteiger partial charge in [-0.3, -0.25) is 9.48 Å². The van der Waals surface area contributed by atoms with Crippen LogP contribution in [0.2, 0.25) is 0 Å². The number of aromatic nitrogens is 2. The molecule has 0 saturated carbocycles. The van der Waals surface area contributed by atoms with E-state index in [2.05, 4.69) is 18.9 Å². The number of carbonyl (C=O) groups excluding carboxylic acids is 1. The molecular weight excluding hydrogens is 254 g/mol. The van der Waals surface area contributed by atoms with Gasteiger partial charge in [-0.25, -0.2) is 0 Å². The summed E-state index contributed by atoms with van der Waals surface area (Å²) in [4.78, 5) is 14.2. The Hall–Kier alpha value is -1.36. The second-order valence-corrected chi connectivity index (χ2v) is 5.63. The fourth-order valence-electron chi connectivity index (χ4n) is 2.90. The average molecular weight is 279 g/mol. The van der Waals surface area contributed by atoms with E-state index in [0.717, 1.165) is 31.4 Å². The molecule has 0 spiro atoms. The van der Waals surface area contributed by atoms with Crippen LogP contribution in [0, 0.1) is 6.92 Å². The van der Waals surface area contributed by atoms with Gasteiger partial charge in [-0.05, 0) is 38.7 Å². The van der Waals surface area contributed by atoms with E-state index < -0.39 is 6.10 Å². The fourth-order valence-corrected chi connectivity index (χ4v) is 2.90. The van der Waals surface area contributed by atoms with Crippen molar-refractivity contribution >= 4 is 5.91 Å². The minimum atomic E-state index is -0.394. The monoisotopic (exact) mass is 279 g/mol. The van der Waals surface area contributed by atoms with Crippen LogP contribution in [0.1, 0.15) is 61.8 Å². The second kappa shape index (κ2) is 6.39. The number of amides is 1. The maximum absolute atomic E-state index is 12.4. The van der Waals surface area contributed by atoms with Crippen molar-refractivity contribution < 1.29 is 9.90 Å². The molecule has 1 fully saturated rings. The van der Waals surface area contributed by atoms with Crippen molar-refractivity contribution in [2.45, 2.75) is 58.6 Å². The highest BCUT2D eigenvalue weighted by Gasteiger charge is 2.25. The van der Waals surface area contributed by atoms with Gasteiger partial charge in [0.2, 0.25) is 0 Å². The van der Waals surface area contributed by atoms with Gasteiger partial charge in [0.1, 0.15) is 0 Å². The first kappa shape index (κ1) is 15.0. The third-order valence-corrected chi connectivity index (χ3v) is 4.11. The lowest BCUT2D eigenvalue weighted by atomic mass is 10.1. The molecule has 0 aromatic carbocycles. The van der Waals surface area contributed by atoms with Gasteiger partial charge in [-0.2, -0.15) is 5.10 Å². The molecule has 1 aromatic heterocycles. The second-order valence-electron chi connectivity index (χ2n) is 5.63. The maximum Gasteiger partial charge on any atom is 0.274 e. The van der Waals surface area contributed by atoms with Crippen molar-refractivity contribution in [1.29, 1.82) is 0 Å². The summed E-state index contributed by atoms with van der Waals surface area (Å²) in [5.74, 6) is -0.0587. The molecule has 0 radical (unpaired) electrons. The predicted molar refractivity (Wildman–Crippen MR) is 77.7 cm³/mol. The summed E-state index contributed by atoms with van der Waals surface area (Å²) < 4.78 is 1.97. The molecule has 20 heavy (non-hydrogen) atoms. The quantitative estimate of drug-likeness (QED) is 0.918. The molecule has 112 valence electrons. The number of aliphatic hydroxyl groups excluding tert-OH is 1. The van der Waals surface area contributed by atoms with Gasteiger partial charge in [-0.1, -0.05) is 13.8 Å². The summed E-state index contributed by atoms with van der Waals surface area (Å²) in [6.45, 7) is 7.41. The van der Waals surface area contributed by atoms with Crippen LogP contribution in [0.25, 0.3) is 0 Å². The number of aryl methyl sites for hydroxylation is 1. The fraction of sp³-hybridized carbons (Fsp3) is 0.733. The Balaban J connectivity index is 2.16. The Morgan fingerprint density at radius 2 is 2.20 bits per heavy atom. The lowest BCUT2D eigenvalue weighted by Crippen LogP contribution is -2.42. The van der Waals surface area contributed by atoms with E-state index in [1.54, 1.807) is 4.90 Å². The molecule has 1 aromatic rings. The topological polar surface area (TPSA) is 58.4 Å². The number of nitrogens with zero attached hydrogens (tertiary/aromatic N) is 3. The normalized spacial score (nSPS) is 19.6. The molecular formula is C15H25N3O2. The third kappa shape index (κ3) is 3.03. The van der Waals surface area contributed by atoms with Gasteiger partial charge >= 0.3 is 0 Å². The third-order valence-electron chi connectivity index (χ3n) is 4.11. The Kier molecular flexibility index (Phi) is 4.81. The number of aliphatic hydroxyl groups is 1. The highest BCUT2D eigenvalue weighted by atomic mass is 16.3. The molecule has 1 amide bonds. The summed E-state index contributed by atoms with van der Waals surface area (Å²) in [6, 6.07) is 2.21. The molecule has 2 rings (SSSR count). The highest BCUT2D eigenvalue weighted by molar-refractivity contribution is 5.92. The summed E-state index contributed by atoms with van der Waals surface area (Å²) in [7, 11) is 0. The van der Waals surface area contributed by atoms with E-state index in [4.69, 9.17) is 0 Å². The molecule has 5 heteroatoms. The summed E-state index contributed by atoms with van der Waals surface area (Å²) >= 11 is 0. The molecule has 5 nitrogen and oxygen atoms in total. The van der Waals surface area contributed by atoms with Gasteiger partial charge < -0.3 is 10.0 Å². The largest absolute Gasteiger partial charge is 0.391 e. The Labute approximate surface area is 120 Å². The Morgan fingerprint density at radius 1 is 1.50 bits per heavy atom. The molecule has 1 aliphatic heterocycles. The van der Waals surface area contributed by atoms with E-state index >= 15 is 0 Å². The average Bonchev–Trinajstić information content (AvgIpc) is 2.82. The first-order valence-electron chi connectivity index (χ1n) is 7.60. The molecule has 2 heterocycles. The number of β-amino-alcohol motifs (C(OH)–C–C–N with tert-alkyl or cyclic N) is 1. The number of likely N-dealkylation sites (tertiary alicyclic amines) is 1. The zero-order valence-corrected chi connectivity index (χ0v) is 12.7. The van der Waals surface area contributed by atoms with Gasteiger partial charge in [0.05, 0.1) is 12.1 Å². The van der Waals surface area contributed by atoms with Gasteiger partial charge in [-0.15, -0.1) is 0 Å². The van der Waals surface area contributed by atoms with E-state index in [-0.39, 0.29) is 5.91 Å². The van der Waals surface area contributed by atoms with Crippen molar-refractivity contribution in [3.05, 3.63) is 17.5 Å². The van der Waals surface area contributed by atoms with Gasteiger partial charge in [0.25, 0.3) is 5.91 Å². The molecule has 1 aliphatic rings. The highest BCUT2D eigenvalue weighted by Crippen LogP contribution is 2.19. The lowest BCUT2D eigenvalue weighted by molar-refractivity contribution is 0.0468. The van der Waals surface area contributed by atoms with E-state index in [0.29, 0.717) is 24.8 Å². The van der Waals surface area contributed by atoms with Crippen molar-refractivity contribution in [2.24, 2.45) is 0 Å². The number of hydrogen-bond acceptors (Lipinski definition) is 3. The van der Waals surface area contributed by atoms with Crippen LogP contribution < -0.4 is 0 Å². The summed E-state index contributed by atoms with van der Waals surface area (Å²) in [5, 5.41) is 14.2. The number of hydrogen-bond donors (Lipinski definition) is 1. The van der Waals surface area contributed by atoms with Crippen LogP contribution in [0.15, 0.2) is 6.07 Å². The number of rotatable bonds is 4. The first-order valence-corrected chi connectivity index (χ1v) is 7.60. The molecule has 0 aliphatic carbocycles. The van der Waals surface area contributed by atoms with E-state index in [1.807, 2.05) is 17.7 Å². The van der Waals surface area contributed by atoms with Crippen molar-refractivity contribution in [1.82, 2.24) is 14.7 Å². The minimum Gasteiger partial charge on any atom is -0.391 e. The van der Waals surface area contributed by atoms with Gasteiger partial charge in [0.15, 0.2) is 5.69 Å². The standard InChI is InChI=1S/C15H25N3O2/c1-4-12(5-2)18-11(3)9-14(16-18)15(20)17-8-6-7-13(19)10-17/h9,12-13,19H,4-8,10H2,1-3H3. The van der Waals surface area contributed by atoms with E-state index in [9.17, 15) is 9.90 Å². The molecule has 1 atom stereocenters. The predicted octanol–water partition coefficient (Wildman–Crippen LogP) is 2.15. The Bertz CT molecular complexity index is 466. The minimum absolute atomic E-state index is 0.0587. The van der Waals surface area contributed by atoms with E-state index in [1.165, 1.54) is 0 Å². The SMILES string of the molecule is CCC(CC)n1nc(C(=O)N2CCCC(O)C2)cc1C. The van der Waals surface area contributed by atoms with Crippen LogP contribution in [0.5, 0.6) is 0 Å². The van der Waals surface area contributed by atoms with Gasteiger partial charge in [0, 0.05) is 18.8 Å². The molecule has 0 bridgehead atoms. The lowest BCUT2D eigenvalue weighted by Gasteiger charge is -2.29. The molecule has 1 unspecified atom stereocenters. The van der Waals surface area contributed by atoms with Crippen molar-refractivity contribution in [3.63, 3.8) is 0 Å². The summed E-state index contributed by atoms with van der Waals surface area (Å²) in [5.41, 5.74) is 1.53. The van der Waals surface area contributed by atoms with Crippen molar-refractivity contribution in [2.75, 3.05) is 13.1 Å². The van der Waals surface area contributed by atoms with Crippen LogP contribution >= 0.6 is 0 Å². The Morgan fingerprint density at radius 3 is 2.80 bits per heavy atom. The van der Waals surface area contributed by atoms with Crippen LogP contribution in [-0.4, -0.2) is 44.9 Å². The zero-order chi connectivity index (χ0) is 14.7. The molecule has 1 saturated heterocycles. The van der Waals surface area contributed by atoms with Crippen molar-refractivity contribution in [3.8, 4) is 0 Å². The number of carbonyl (C=O) groups is 1. The smallest absolute Gasteiger partial charge is 0.274 e. The van der Waals surface area contributed by atoms with Crippen LogP contribution in [0.4, 0.5) is 0 Å². The maximum atomic E-state index is 12.4. The van der Waals surface area contributed by atoms with Crippen LogP contribution in [0.3, 0.4) is 0 Å². The number of piperidine rings is 1. The van der Waals surface area contributed by atoms with Crippen LogP contribution in [-0.2, 0) is 0 Å². The summed E-state index contributed by atoms with van der Waals surface area (Å²) in [6.07, 6.45) is 3.27. The molecule has 1 N–H and O–H groups in total. The zero-order valence-electron chi connectivity index (χ0n) is 12.7. The first-order chi connectivity index (χ1) is 9.56.